The Balaban J connectivity index is 1.16. The zero-order valence-corrected chi connectivity index (χ0v) is 29.6. The van der Waals surface area contributed by atoms with Gasteiger partial charge in [0, 0.05) is 13.1 Å². The lowest BCUT2D eigenvalue weighted by Crippen LogP contribution is -2.51. The number of nitrogens with one attached hydrogen (secondary N) is 4. The first-order valence-corrected chi connectivity index (χ1v) is 17.6. The molecule has 14 nitrogen and oxygen atoms in total. The van der Waals surface area contributed by atoms with Gasteiger partial charge in [0.1, 0.15) is 23.7 Å². The molecule has 2 fully saturated rings. The molecule has 0 radical (unpaired) electrons. The molecule has 270 valence electrons. The number of nitrogens with zero attached hydrogens (tertiary/aromatic N) is 4. The highest BCUT2D eigenvalue weighted by atomic mass is 16.5. The van der Waals surface area contributed by atoms with Gasteiger partial charge in [-0.1, -0.05) is 58.0 Å². The van der Waals surface area contributed by atoms with Gasteiger partial charge in [0.05, 0.1) is 42.1 Å². The molecule has 0 spiro atoms. The first-order valence-electron chi connectivity index (χ1n) is 17.6. The molecule has 1 unspecified atom stereocenters. The maximum absolute atomic E-state index is 13.5. The Labute approximate surface area is 296 Å². The van der Waals surface area contributed by atoms with Crippen LogP contribution in [0.5, 0.6) is 0 Å². The van der Waals surface area contributed by atoms with Gasteiger partial charge in [0.25, 0.3) is 0 Å². The molecule has 0 saturated carbocycles. The Morgan fingerprint density at radius 1 is 0.804 bits per heavy atom. The molecule has 4 atom stereocenters. The van der Waals surface area contributed by atoms with Crippen LogP contribution in [-0.4, -0.2) is 91.1 Å². The van der Waals surface area contributed by atoms with Crippen molar-refractivity contribution in [1.29, 1.82) is 0 Å². The molecule has 4 heterocycles. The number of hydrogen-bond acceptors (Lipinski definition) is 7. The third kappa shape index (κ3) is 7.40. The van der Waals surface area contributed by atoms with Crippen LogP contribution in [-0.2, 0) is 14.3 Å². The predicted octanol–water partition coefficient (Wildman–Crippen LogP) is 5.62. The number of fused-ring (bicyclic) bond motifs is 1. The second kappa shape index (κ2) is 14.8. The second-order valence-corrected chi connectivity index (χ2v) is 14.0. The third-order valence-corrected chi connectivity index (χ3v) is 9.93. The van der Waals surface area contributed by atoms with Gasteiger partial charge >= 0.3 is 12.2 Å². The summed E-state index contributed by atoms with van der Waals surface area (Å²) in [6.07, 6.45) is 3.10. The van der Waals surface area contributed by atoms with Gasteiger partial charge in [0.15, 0.2) is 0 Å². The summed E-state index contributed by atoms with van der Waals surface area (Å²) in [5.74, 6) is 0.717. The Morgan fingerprint density at radius 3 is 1.96 bits per heavy atom. The minimum absolute atomic E-state index is 0.111. The average molecular weight is 699 g/mol. The molecule has 2 aromatic heterocycles. The average Bonchev–Trinajstić information content (AvgIpc) is 3.94. The Kier molecular flexibility index (Phi) is 10.3. The maximum atomic E-state index is 13.5. The lowest BCUT2D eigenvalue weighted by Gasteiger charge is -2.30. The van der Waals surface area contributed by atoms with Crippen molar-refractivity contribution in [3.8, 4) is 22.4 Å². The number of hydrogen-bond donors (Lipinski definition) is 5. The van der Waals surface area contributed by atoms with Crippen LogP contribution in [0.2, 0.25) is 0 Å². The third-order valence-electron chi connectivity index (χ3n) is 9.93. The Bertz CT molecular complexity index is 1900. The minimum atomic E-state index is -1.22. The Hall–Kier alpha value is -5.40. The molecule has 5 N–H and O–H groups in total. The van der Waals surface area contributed by atoms with Gasteiger partial charge in [-0.3, -0.25) is 9.59 Å². The summed E-state index contributed by atoms with van der Waals surface area (Å²) in [6, 6.07) is 12.2. The highest BCUT2D eigenvalue weighted by molar-refractivity contribution is 5.87. The minimum Gasteiger partial charge on any atom is -0.465 e. The summed E-state index contributed by atoms with van der Waals surface area (Å²) < 4.78 is 4.74. The van der Waals surface area contributed by atoms with E-state index in [2.05, 4.69) is 25.6 Å². The van der Waals surface area contributed by atoms with E-state index >= 15 is 0 Å². The van der Waals surface area contributed by atoms with Crippen LogP contribution in [0.15, 0.2) is 48.7 Å². The normalized spacial score (nSPS) is 18.7. The number of likely N-dealkylation sites (tertiary alicyclic amines) is 2. The van der Waals surface area contributed by atoms with Crippen LogP contribution in [0, 0.1) is 11.8 Å². The van der Waals surface area contributed by atoms with Crippen molar-refractivity contribution in [3.63, 3.8) is 0 Å². The molecule has 0 aliphatic carbocycles. The number of benzene rings is 2. The van der Waals surface area contributed by atoms with E-state index in [0.29, 0.717) is 24.7 Å². The largest absolute Gasteiger partial charge is 0.465 e. The summed E-state index contributed by atoms with van der Waals surface area (Å²) in [6.45, 7) is 8.58. The van der Waals surface area contributed by atoms with Gasteiger partial charge in [-0.05, 0) is 66.3 Å². The number of carbonyl (C=O) groups excluding carboxylic acids is 3. The van der Waals surface area contributed by atoms with Crippen LogP contribution in [0.3, 0.4) is 0 Å². The first-order chi connectivity index (χ1) is 24.4. The van der Waals surface area contributed by atoms with Crippen LogP contribution >= 0.6 is 0 Å². The first kappa shape index (κ1) is 35.4. The highest BCUT2D eigenvalue weighted by Crippen LogP contribution is 2.35. The van der Waals surface area contributed by atoms with E-state index in [1.54, 1.807) is 16.0 Å². The zero-order valence-electron chi connectivity index (χ0n) is 29.6. The lowest BCUT2D eigenvalue weighted by atomic mass is 10.0. The number of imidazole rings is 2. The molecule has 2 aliphatic rings. The molecule has 2 saturated heterocycles. The smallest absolute Gasteiger partial charge is 0.407 e. The number of amides is 4. The fourth-order valence-electron chi connectivity index (χ4n) is 7.19. The fourth-order valence-corrected chi connectivity index (χ4v) is 7.19. The van der Waals surface area contributed by atoms with Gasteiger partial charge < -0.3 is 40.2 Å². The molecule has 4 amide bonds. The van der Waals surface area contributed by atoms with E-state index in [-0.39, 0.29) is 35.7 Å². The van der Waals surface area contributed by atoms with Crippen molar-refractivity contribution in [3.05, 3.63) is 60.3 Å². The van der Waals surface area contributed by atoms with Crippen molar-refractivity contribution in [2.75, 3.05) is 20.2 Å². The molecular weight excluding hydrogens is 652 g/mol. The summed E-state index contributed by atoms with van der Waals surface area (Å²) in [7, 11) is 1.28. The van der Waals surface area contributed by atoms with Gasteiger partial charge in [-0.15, -0.1) is 0 Å². The standard InChI is InChI=1S/C37H46N8O6/c1-20(2)30(42-36(48)49)34(46)45-17-7-9-29(45)33-39-25-15-14-24(18-26(25)40-33)22-10-12-23(13-11-22)27-19-38-32(41-27)28-8-6-16-44(28)35(47)31(21(3)4)43-37(50)51-5/h10-15,18-21,28-31,42H,6-9,16-17H2,1-5H3,(H,38,41)(H,39,40)(H,43,50)(H,48,49)/t28?,29-,30-,31-/m0/s1. The van der Waals surface area contributed by atoms with Crippen molar-refractivity contribution in [1.82, 2.24) is 40.4 Å². The molecular formula is C37H46N8O6. The quantitative estimate of drug-likeness (QED) is 0.141. The highest BCUT2D eigenvalue weighted by Gasteiger charge is 2.39. The van der Waals surface area contributed by atoms with E-state index in [4.69, 9.17) is 9.72 Å². The molecule has 2 aromatic carbocycles. The van der Waals surface area contributed by atoms with Crippen LogP contribution in [0.25, 0.3) is 33.4 Å². The van der Waals surface area contributed by atoms with E-state index in [1.165, 1.54) is 7.11 Å². The topological polar surface area (TPSA) is 186 Å². The van der Waals surface area contributed by atoms with Gasteiger partial charge in [-0.2, -0.15) is 0 Å². The van der Waals surface area contributed by atoms with E-state index in [1.807, 2.05) is 70.2 Å². The number of aromatic amines is 2. The SMILES string of the molecule is COC(=O)N[C@H](C(=O)N1CCCC1c1ncc(-c2ccc(-c3ccc4nc([C@@H]5CCCN5C(=O)[C@@H](NC(=O)O)C(C)C)[nH]c4c3)cc2)[nH]1)C(C)C. The number of rotatable bonds is 10. The number of alkyl carbamates (subject to hydrolysis) is 1. The number of aromatic nitrogens is 4. The summed E-state index contributed by atoms with van der Waals surface area (Å²) in [4.78, 5) is 70.1. The Morgan fingerprint density at radius 2 is 1.37 bits per heavy atom. The number of H-pyrrole nitrogens is 2. The molecule has 4 aromatic rings. The van der Waals surface area contributed by atoms with Crippen molar-refractivity contribution < 1.29 is 29.0 Å². The summed E-state index contributed by atoms with van der Waals surface area (Å²) >= 11 is 0. The number of carboxylic acid groups (broad SMARTS) is 1. The maximum Gasteiger partial charge on any atom is 0.407 e. The zero-order chi connectivity index (χ0) is 36.4. The summed E-state index contributed by atoms with van der Waals surface area (Å²) in [5.41, 5.74) is 5.45. The van der Waals surface area contributed by atoms with E-state index in [0.717, 1.165) is 59.1 Å². The van der Waals surface area contributed by atoms with Gasteiger partial charge in [-0.25, -0.2) is 19.6 Å². The predicted molar refractivity (Wildman–Crippen MR) is 190 cm³/mol. The van der Waals surface area contributed by atoms with Crippen LogP contribution in [0.1, 0.15) is 77.1 Å². The number of methoxy groups -OCH3 is 1. The van der Waals surface area contributed by atoms with E-state index < -0.39 is 24.3 Å². The number of ether oxygens (including phenoxy) is 1. The molecule has 2 aliphatic heterocycles. The second-order valence-electron chi connectivity index (χ2n) is 14.0. The van der Waals surface area contributed by atoms with Crippen molar-refractivity contribution >= 4 is 35.0 Å². The molecule has 0 bridgehead atoms. The number of carbonyl (C=O) groups is 4. The molecule has 6 rings (SSSR count). The van der Waals surface area contributed by atoms with E-state index in [9.17, 15) is 24.3 Å². The van der Waals surface area contributed by atoms with Crippen molar-refractivity contribution in [2.45, 2.75) is 77.5 Å². The lowest BCUT2D eigenvalue weighted by molar-refractivity contribution is -0.136. The fraction of sp³-hybridized carbons (Fsp3) is 0.459. The molecule has 14 heteroatoms. The molecule has 51 heavy (non-hydrogen) atoms. The monoisotopic (exact) mass is 698 g/mol. The van der Waals surface area contributed by atoms with Gasteiger partial charge in [0.2, 0.25) is 11.8 Å². The van der Waals surface area contributed by atoms with Crippen LogP contribution < -0.4 is 10.6 Å². The summed E-state index contributed by atoms with van der Waals surface area (Å²) in [5, 5.41) is 14.4. The van der Waals surface area contributed by atoms with Crippen LogP contribution in [0.4, 0.5) is 9.59 Å². The van der Waals surface area contributed by atoms with Crippen molar-refractivity contribution in [2.24, 2.45) is 11.8 Å².